The molecule has 1 aromatic heterocycles. The zero-order valence-corrected chi connectivity index (χ0v) is 17.3. The van der Waals surface area contributed by atoms with E-state index in [1.807, 2.05) is 0 Å². The SMILES string of the molecule is Cc1ccc2c(c1)CCCN2CC(=O)Nc1sc2c(c1C(N)=O)CCC(C)C2. The van der Waals surface area contributed by atoms with E-state index < -0.39 is 5.91 Å². The summed E-state index contributed by atoms with van der Waals surface area (Å²) in [4.78, 5) is 28.2. The van der Waals surface area contributed by atoms with Crippen molar-refractivity contribution in [1.29, 1.82) is 0 Å². The Labute approximate surface area is 169 Å². The quantitative estimate of drug-likeness (QED) is 0.826. The van der Waals surface area contributed by atoms with E-state index in [0.717, 1.165) is 49.9 Å². The van der Waals surface area contributed by atoms with Gasteiger partial charge >= 0.3 is 0 Å². The third-order valence-electron chi connectivity index (χ3n) is 5.80. The van der Waals surface area contributed by atoms with Crippen LogP contribution >= 0.6 is 11.3 Å². The molecule has 2 heterocycles. The third kappa shape index (κ3) is 3.65. The van der Waals surface area contributed by atoms with Gasteiger partial charge < -0.3 is 16.0 Å². The Bertz CT molecular complexity index is 934. The highest BCUT2D eigenvalue weighted by Gasteiger charge is 2.28. The molecule has 1 atom stereocenters. The molecule has 28 heavy (non-hydrogen) atoms. The Morgan fingerprint density at radius 1 is 1.32 bits per heavy atom. The summed E-state index contributed by atoms with van der Waals surface area (Å²) in [6, 6.07) is 6.41. The van der Waals surface area contributed by atoms with Crippen molar-refractivity contribution in [2.75, 3.05) is 23.3 Å². The average Bonchev–Trinajstić information content (AvgIpc) is 2.98. The van der Waals surface area contributed by atoms with E-state index in [4.69, 9.17) is 5.73 Å². The first-order chi connectivity index (χ1) is 13.4. The van der Waals surface area contributed by atoms with Gasteiger partial charge in [-0.15, -0.1) is 11.3 Å². The largest absolute Gasteiger partial charge is 0.365 e. The van der Waals surface area contributed by atoms with E-state index >= 15 is 0 Å². The molecule has 1 aromatic carbocycles. The first-order valence-corrected chi connectivity index (χ1v) is 10.8. The van der Waals surface area contributed by atoms with Gasteiger partial charge in [-0.2, -0.15) is 0 Å². The Morgan fingerprint density at radius 2 is 2.14 bits per heavy atom. The van der Waals surface area contributed by atoms with Gasteiger partial charge in [0.05, 0.1) is 12.1 Å². The molecule has 0 bridgehead atoms. The fourth-order valence-corrected chi connectivity index (χ4v) is 5.84. The van der Waals surface area contributed by atoms with Crippen LogP contribution in [0.2, 0.25) is 0 Å². The summed E-state index contributed by atoms with van der Waals surface area (Å²) in [6.45, 7) is 5.47. The lowest BCUT2D eigenvalue weighted by molar-refractivity contribution is -0.115. The number of benzene rings is 1. The lowest BCUT2D eigenvalue weighted by Crippen LogP contribution is -2.37. The maximum absolute atomic E-state index is 12.8. The van der Waals surface area contributed by atoms with Gasteiger partial charge in [-0.3, -0.25) is 9.59 Å². The normalized spacial score (nSPS) is 18.4. The van der Waals surface area contributed by atoms with Crippen LogP contribution in [-0.2, 0) is 24.1 Å². The van der Waals surface area contributed by atoms with Crippen LogP contribution in [0.25, 0.3) is 0 Å². The zero-order valence-electron chi connectivity index (χ0n) is 16.5. The number of carbonyl (C=O) groups is 2. The first-order valence-electron chi connectivity index (χ1n) is 10.0. The highest BCUT2D eigenvalue weighted by molar-refractivity contribution is 7.17. The van der Waals surface area contributed by atoms with Crippen LogP contribution in [0.3, 0.4) is 0 Å². The van der Waals surface area contributed by atoms with E-state index in [-0.39, 0.29) is 12.5 Å². The highest BCUT2D eigenvalue weighted by atomic mass is 32.1. The minimum atomic E-state index is -0.443. The van der Waals surface area contributed by atoms with Gasteiger partial charge in [-0.1, -0.05) is 24.6 Å². The number of hydrogen-bond acceptors (Lipinski definition) is 4. The van der Waals surface area contributed by atoms with E-state index in [1.165, 1.54) is 27.3 Å². The number of nitrogens with one attached hydrogen (secondary N) is 1. The topological polar surface area (TPSA) is 75.4 Å². The summed E-state index contributed by atoms with van der Waals surface area (Å²) in [5.74, 6) is 0.0625. The summed E-state index contributed by atoms with van der Waals surface area (Å²) in [5.41, 5.74) is 10.9. The second kappa shape index (κ2) is 7.59. The van der Waals surface area contributed by atoms with Crippen LogP contribution in [-0.4, -0.2) is 24.9 Å². The lowest BCUT2D eigenvalue weighted by atomic mass is 9.88. The predicted molar refractivity (Wildman–Crippen MR) is 114 cm³/mol. The highest BCUT2D eigenvalue weighted by Crippen LogP contribution is 2.39. The number of hydrogen-bond donors (Lipinski definition) is 2. The molecule has 0 spiro atoms. The maximum atomic E-state index is 12.8. The smallest absolute Gasteiger partial charge is 0.251 e. The van der Waals surface area contributed by atoms with E-state index in [1.54, 1.807) is 0 Å². The number of fused-ring (bicyclic) bond motifs is 2. The number of rotatable bonds is 4. The van der Waals surface area contributed by atoms with E-state index in [0.29, 0.717) is 16.5 Å². The van der Waals surface area contributed by atoms with Gasteiger partial charge in [-0.25, -0.2) is 0 Å². The molecule has 0 fully saturated rings. The molecule has 5 nitrogen and oxygen atoms in total. The summed E-state index contributed by atoms with van der Waals surface area (Å²) in [5, 5.41) is 3.61. The Hall–Kier alpha value is -2.34. The number of amides is 2. The average molecular weight is 398 g/mol. The minimum Gasteiger partial charge on any atom is -0.365 e. The molecule has 4 rings (SSSR count). The second-order valence-electron chi connectivity index (χ2n) is 8.13. The van der Waals surface area contributed by atoms with Crippen molar-refractivity contribution < 1.29 is 9.59 Å². The van der Waals surface area contributed by atoms with Gasteiger partial charge in [0.1, 0.15) is 5.00 Å². The molecule has 2 amide bonds. The van der Waals surface area contributed by atoms with Crippen LogP contribution in [0.15, 0.2) is 18.2 Å². The number of nitrogens with zero attached hydrogens (tertiary/aromatic N) is 1. The number of thiophene rings is 1. The molecule has 1 aliphatic carbocycles. The first kappa shape index (κ1) is 19.0. The molecule has 6 heteroatoms. The molecule has 2 aromatic rings. The molecule has 0 saturated heterocycles. The van der Waals surface area contributed by atoms with Gasteiger partial charge in [0.15, 0.2) is 0 Å². The van der Waals surface area contributed by atoms with Crippen molar-refractivity contribution in [1.82, 2.24) is 0 Å². The van der Waals surface area contributed by atoms with Crippen molar-refractivity contribution in [3.63, 3.8) is 0 Å². The van der Waals surface area contributed by atoms with Crippen LogP contribution in [0, 0.1) is 12.8 Å². The van der Waals surface area contributed by atoms with E-state index in [9.17, 15) is 9.59 Å². The van der Waals surface area contributed by atoms with Gasteiger partial charge in [0.25, 0.3) is 5.91 Å². The summed E-state index contributed by atoms with van der Waals surface area (Å²) >= 11 is 1.52. The minimum absolute atomic E-state index is 0.0948. The van der Waals surface area contributed by atoms with Crippen LogP contribution < -0.4 is 16.0 Å². The predicted octanol–water partition coefficient (Wildman–Crippen LogP) is 3.67. The van der Waals surface area contributed by atoms with Gasteiger partial charge in [-0.05, 0) is 62.1 Å². The van der Waals surface area contributed by atoms with Gasteiger partial charge in [0, 0.05) is 17.1 Å². The van der Waals surface area contributed by atoms with Crippen molar-refractivity contribution in [3.8, 4) is 0 Å². The Kier molecular flexibility index (Phi) is 5.15. The summed E-state index contributed by atoms with van der Waals surface area (Å²) in [7, 11) is 0. The standard InChI is InChI=1S/C22H27N3O2S/c1-13-6-8-17-15(10-13)4-3-9-25(17)12-19(26)24-22-20(21(23)27)16-7-5-14(2)11-18(16)28-22/h6,8,10,14H,3-5,7,9,11-12H2,1-2H3,(H2,23,27)(H,24,26). The second-order valence-corrected chi connectivity index (χ2v) is 9.23. The van der Waals surface area contributed by atoms with Crippen LogP contribution in [0.1, 0.15) is 51.7 Å². The van der Waals surface area contributed by atoms with Crippen molar-refractivity contribution >= 4 is 33.8 Å². The fraction of sp³-hybridized carbons (Fsp3) is 0.455. The van der Waals surface area contributed by atoms with E-state index in [2.05, 4.69) is 42.3 Å². The lowest BCUT2D eigenvalue weighted by Gasteiger charge is -2.31. The molecule has 0 saturated carbocycles. The van der Waals surface area contributed by atoms with Gasteiger partial charge in [0.2, 0.25) is 5.91 Å². The Morgan fingerprint density at radius 3 is 2.93 bits per heavy atom. The molecule has 2 aliphatic rings. The number of primary amides is 1. The zero-order chi connectivity index (χ0) is 19.8. The molecule has 148 valence electrons. The van der Waals surface area contributed by atoms with Crippen molar-refractivity contribution in [2.24, 2.45) is 11.7 Å². The number of carbonyl (C=O) groups excluding carboxylic acids is 2. The molecular formula is C22H27N3O2S. The molecule has 3 N–H and O–H groups in total. The monoisotopic (exact) mass is 397 g/mol. The van der Waals surface area contributed by atoms with Crippen molar-refractivity contribution in [2.45, 2.75) is 46.0 Å². The fourth-order valence-electron chi connectivity index (χ4n) is 4.41. The molecule has 1 aliphatic heterocycles. The van der Waals surface area contributed by atoms with Crippen LogP contribution in [0.4, 0.5) is 10.7 Å². The maximum Gasteiger partial charge on any atom is 0.251 e. The van der Waals surface area contributed by atoms with Crippen molar-refractivity contribution in [3.05, 3.63) is 45.3 Å². The summed E-state index contributed by atoms with van der Waals surface area (Å²) in [6.07, 6.45) is 4.97. The van der Waals surface area contributed by atoms with Crippen LogP contribution in [0.5, 0.6) is 0 Å². The number of aryl methyl sites for hydroxylation is 2. The molecule has 1 unspecified atom stereocenters. The molecule has 0 radical (unpaired) electrons. The molecular weight excluding hydrogens is 370 g/mol. The number of anilines is 2. The number of nitrogens with two attached hydrogens (primary N) is 1. The Balaban J connectivity index is 1.53. The summed E-state index contributed by atoms with van der Waals surface area (Å²) < 4.78 is 0. The third-order valence-corrected chi connectivity index (χ3v) is 6.97.